The van der Waals surface area contributed by atoms with Gasteiger partial charge in [0.2, 0.25) is 0 Å². The van der Waals surface area contributed by atoms with Crippen LogP contribution >= 0.6 is 11.6 Å². The molecule has 1 nitrogen and oxygen atoms in total. The molecule has 0 bridgehead atoms. The van der Waals surface area contributed by atoms with Gasteiger partial charge in [0.25, 0.3) is 0 Å². The normalized spacial score (nSPS) is 23.9. The van der Waals surface area contributed by atoms with E-state index in [2.05, 4.69) is 40.4 Å². The van der Waals surface area contributed by atoms with Crippen LogP contribution < -0.4 is 0 Å². The predicted octanol–water partition coefficient (Wildman–Crippen LogP) is 8.22. The first-order valence-corrected chi connectivity index (χ1v) is 22.7. The van der Waals surface area contributed by atoms with Gasteiger partial charge in [0.05, 0.1) is 0 Å². The topological polar surface area (TPSA) is 9.23 Å². The summed E-state index contributed by atoms with van der Waals surface area (Å²) in [6.45, 7) is 14.3. The van der Waals surface area contributed by atoms with Gasteiger partial charge in [-0.3, -0.25) is 0 Å². The second-order valence-electron chi connectivity index (χ2n) is 9.50. The monoisotopic (exact) mass is 496 g/mol. The Kier molecular flexibility index (Phi) is 11.0. The van der Waals surface area contributed by atoms with Crippen LogP contribution in [0.2, 0.25) is 36.9 Å². The number of rotatable bonds is 15. The third-order valence-corrected chi connectivity index (χ3v) is 25.2. The van der Waals surface area contributed by atoms with E-state index in [-0.39, 0.29) is 5.60 Å². The maximum atomic E-state index is 6.93. The maximum absolute atomic E-state index is 6.93. The first-order valence-electron chi connectivity index (χ1n) is 11.1. The predicted molar refractivity (Wildman–Crippen MR) is 120 cm³/mol. The Hall–Kier alpha value is 1.27. The van der Waals surface area contributed by atoms with Gasteiger partial charge in [-0.2, -0.15) is 0 Å². The van der Waals surface area contributed by atoms with Crippen LogP contribution in [0, 0.1) is 0 Å². The first-order chi connectivity index (χ1) is 11.8. The molecule has 0 aromatic carbocycles. The molecular weight excluding hydrogens is 450 g/mol. The Morgan fingerprint density at radius 2 is 1.40 bits per heavy atom. The summed E-state index contributed by atoms with van der Waals surface area (Å²) in [5.74, 6) is 0.797. The van der Waals surface area contributed by atoms with E-state index >= 15 is 0 Å². The summed E-state index contributed by atoms with van der Waals surface area (Å²) in [6, 6.07) is 0. The summed E-state index contributed by atoms with van der Waals surface area (Å²) >= 11 is 3.93. The molecule has 0 aromatic heterocycles. The van der Waals surface area contributed by atoms with Crippen molar-refractivity contribution >= 4 is 38.3 Å². The van der Waals surface area contributed by atoms with Crippen LogP contribution in [0.5, 0.6) is 0 Å². The van der Waals surface area contributed by atoms with Crippen molar-refractivity contribution in [3.8, 4) is 0 Å². The van der Waals surface area contributed by atoms with Gasteiger partial charge in [0.15, 0.2) is 0 Å². The molecule has 1 rings (SSSR count). The van der Waals surface area contributed by atoms with Crippen molar-refractivity contribution in [1.82, 2.24) is 0 Å². The molecule has 0 unspecified atom stereocenters. The molecule has 0 radical (unpaired) electrons. The van der Waals surface area contributed by atoms with Crippen molar-refractivity contribution in [2.45, 2.75) is 121 Å². The van der Waals surface area contributed by atoms with Crippen LogP contribution in [0.25, 0.3) is 0 Å². The fourth-order valence-corrected chi connectivity index (χ4v) is 27.1. The van der Waals surface area contributed by atoms with E-state index < -0.39 is 26.7 Å². The molecule has 2 atom stereocenters. The van der Waals surface area contributed by atoms with Gasteiger partial charge in [-0.1, -0.05) is 0 Å². The van der Waals surface area contributed by atoms with Crippen molar-refractivity contribution < 1.29 is 4.43 Å². The van der Waals surface area contributed by atoms with Crippen molar-refractivity contribution in [2.24, 2.45) is 0 Å². The fraction of sp³-hybridized carbons (Fsp3) is 1.00. The van der Waals surface area contributed by atoms with Gasteiger partial charge in [-0.05, 0) is 0 Å². The molecule has 25 heavy (non-hydrogen) atoms. The molecule has 0 N–H and O–H groups in total. The minimum atomic E-state index is -2.17. The average Bonchev–Trinajstić information content (AvgIpc) is 3.25. The average molecular weight is 496 g/mol. The number of hydrogen-bond donors (Lipinski definition) is 0. The molecular formula is C21H45ClOSiSn. The van der Waals surface area contributed by atoms with Gasteiger partial charge >= 0.3 is 170 Å². The van der Waals surface area contributed by atoms with Crippen LogP contribution in [0.4, 0.5) is 0 Å². The SMILES string of the molecule is CCC[CH2][Sn]([CH2]CCC)([CH2]CCC)[C@H]1C[C@@]1(CCCCl)O[Si](C)(C)C. The molecule has 150 valence electrons. The second-order valence-corrected chi connectivity index (χ2v) is 28.4. The molecule has 4 heteroatoms. The number of halogens is 1. The number of hydrogen-bond acceptors (Lipinski definition) is 1. The van der Waals surface area contributed by atoms with Crippen LogP contribution in [0.1, 0.15) is 78.6 Å². The summed E-state index contributed by atoms with van der Waals surface area (Å²) in [5, 5.41) is 0. The molecule has 0 heterocycles. The molecule has 0 spiro atoms. The number of unbranched alkanes of at least 4 members (excludes halogenated alkanes) is 3. The molecule has 1 aliphatic carbocycles. The van der Waals surface area contributed by atoms with Gasteiger partial charge in [-0.25, -0.2) is 0 Å². The summed E-state index contributed by atoms with van der Waals surface area (Å²) in [4.78, 5) is 0. The van der Waals surface area contributed by atoms with Crippen LogP contribution in [-0.2, 0) is 4.43 Å². The van der Waals surface area contributed by atoms with E-state index in [1.54, 1.807) is 13.3 Å². The fourth-order valence-electron chi connectivity index (χ4n) is 4.96. The van der Waals surface area contributed by atoms with E-state index in [4.69, 9.17) is 16.0 Å². The van der Waals surface area contributed by atoms with Gasteiger partial charge < -0.3 is 0 Å². The zero-order valence-electron chi connectivity index (χ0n) is 18.1. The molecule has 0 amide bonds. The summed E-state index contributed by atoms with van der Waals surface area (Å²) in [7, 11) is -1.50. The summed E-state index contributed by atoms with van der Waals surface area (Å²) in [5.41, 5.74) is 0.255. The molecule has 0 aliphatic heterocycles. The third kappa shape index (κ3) is 7.66. The van der Waals surface area contributed by atoms with E-state index in [0.29, 0.717) is 0 Å². The van der Waals surface area contributed by atoms with E-state index in [1.165, 1.54) is 51.4 Å². The molecule has 1 fully saturated rings. The van der Waals surface area contributed by atoms with Gasteiger partial charge in [0, 0.05) is 0 Å². The zero-order valence-corrected chi connectivity index (χ0v) is 22.7. The van der Waals surface area contributed by atoms with Crippen molar-refractivity contribution in [1.29, 1.82) is 0 Å². The van der Waals surface area contributed by atoms with E-state index in [1.807, 2.05) is 0 Å². The van der Waals surface area contributed by atoms with Gasteiger partial charge in [0.1, 0.15) is 0 Å². The summed E-state index contributed by atoms with van der Waals surface area (Å²) < 4.78 is 12.8. The van der Waals surface area contributed by atoms with Crippen LogP contribution in [0.15, 0.2) is 0 Å². The molecule has 1 saturated carbocycles. The van der Waals surface area contributed by atoms with E-state index in [9.17, 15) is 0 Å². The minimum absolute atomic E-state index is 0.255. The van der Waals surface area contributed by atoms with Crippen molar-refractivity contribution in [3.05, 3.63) is 0 Å². The Morgan fingerprint density at radius 1 is 0.920 bits per heavy atom. The van der Waals surface area contributed by atoms with Crippen molar-refractivity contribution in [3.63, 3.8) is 0 Å². The van der Waals surface area contributed by atoms with Crippen LogP contribution in [0.3, 0.4) is 0 Å². The Balaban J connectivity index is 3.03. The van der Waals surface area contributed by atoms with Crippen molar-refractivity contribution in [2.75, 3.05) is 5.88 Å². The standard InChI is InChI=1S/C9H18ClOSi.3C4H9.Sn/c1-12(2,3)11-9(6-7-9)5-4-8-10;3*1-3-4-2;/h6H,4-5,7-8H2,1-3H3;3*1,3-4H2,2H3;/t9-;;;;/m0..../s1. The third-order valence-electron chi connectivity index (χ3n) is 6.09. The van der Waals surface area contributed by atoms with Gasteiger partial charge in [-0.15, -0.1) is 0 Å². The molecule has 1 aliphatic rings. The Morgan fingerprint density at radius 3 is 1.76 bits per heavy atom. The van der Waals surface area contributed by atoms with Crippen LogP contribution in [-0.4, -0.2) is 38.2 Å². The first kappa shape index (κ1) is 24.3. The quantitative estimate of drug-likeness (QED) is 0.164. The second kappa shape index (κ2) is 11.3. The zero-order chi connectivity index (χ0) is 19.0. The number of alkyl halides is 1. The van der Waals surface area contributed by atoms with E-state index in [0.717, 1.165) is 16.2 Å². The Bertz CT molecular complexity index is 350. The Labute approximate surface area is 169 Å². The summed E-state index contributed by atoms with van der Waals surface area (Å²) in [6.07, 6.45) is 12.3. The molecule has 0 aromatic rings. The molecule has 0 saturated heterocycles.